The van der Waals surface area contributed by atoms with Crippen LogP contribution in [0.3, 0.4) is 0 Å². The van der Waals surface area contributed by atoms with Gasteiger partial charge < -0.3 is 5.32 Å². The second-order valence-electron chi connectivity index (χ2n) is 3.23. The summed E-state index contributed by atoms with van der Waals surface area (Å²) in [5.74, 6) is 3.14. The van der Waals surface area contributed by atoms with Gasteiger partial charge in [-0.1, -0.05) is 0 Å². The average molecular weight is 165 g/mol. The van der Waals surface area contributed by atoms with Crippen LogP contribution >= 0.6 is 0 Å². The first-order valence-corrected chi connectivity index (χ1v) is 4.56. The van der Waals surface area contributed by atoms with Gasteiger partial charge in [-0.05, 0) is 25.7 Å². The van der Waals surface area contributed by atoms with Crippen molar-refractivity contribution in [3.63, 3.8) is 0 Å². The maximum atomic E-state index is 11.1. The van der Waals surface area contributed by atoms with Gasteiger partial charge in [-0.25, -0.2) is 0 Å². The second-order valence-corrected chi connectivity index (χ2v) is 3.23. The molecular weight excluding hydrogens is 150 g/mol. The fourth-order valence-corrected chi connectivity index (χ4v) is 1.05. The molecule has 0 saturated heterocycles. The highest BCUT2D eigenvalue weighted by molar-refractivity contribution is 5.80. The molecule has 1 amide bonds. The minimum Gasteiger partial charge on any atom is -0.356 e. The number of unbranched alkanes of at least 4 members (excludes halogenated alkanes) is 2. The molecule has 0 aromatic heterocycles. The summed E-state index contributed by atoms with van der Waals surface area (Å²) in [6.07, 6.45) is 10.1. The molecule has 0 aliphatic heterocycles. The van der Waals surface area contributed by atoms with Crippen molar-refractivity contribution in [1.82, 2.24) is 5.32 Å². The summed E-state index contributed by atoms with van der Waals surface area (Å²) in [7, 11) is 0. The van der Waals surface area contributed by atoms with Crippen LogP contribution in [-0.2, 0) is 4.79 Å². The number of nitrogens with one attached hydrogen (secondary N) is 1. The Morgan fingerprint density at radius 3 is 2.83 bits per heavy atom. The van der Waals surface area contributed by atoms with Crippen LogP contribution in [0.15, 0.2) is 0 Å². The van der Waals surface area contributed by atoms with Gasteiger partial charge in [0.2, 0.25) is 5.91 Å². The quantitative estimate of drug-likeness (QED) is 0.483. The molecule has 1 aliphatic carbocycles. The lowest BCUT2D eigenvalue weighted by Gasteiger charge is -2.01. The number of rotatable bonds is 5. The molecule has 1 saturated carbocycles. The van der Waals surface area contributed by atoms with E-state index >= 15 is 0 Å². The maximum absolute atomic E-state index is 11.1. The first kappa shape index (κ1) is 9.12. The number of carbonyl (C=O) groups is 1. The molecule has 2 heteroatoms. The summed E-state index contributed by atoms with van der Waals surface area (Å²) in [5.41, 5.74) is 0. The highest BCUT2D eigenvalue weighted by Crippen LogP contribution is 2.28. The molecule has 1 fully saturated rings. The fraction of sp³-hybridized carbons (Fsp3) is 0.700. The predicted molar refractivity (Wildman–Crippen MR) is 48.4 cm³/mol. The molecule has 0 unspecified atom stereocenters. The van der Waals surface area contributed by atoms with E-state index < -0.39 is 0 Å². The summed E-state index contributed by atoms with van der Waals surface area (Å²) in [4.78, 5) is 11.1. The molecule has 1 N–H and O–H groups in total. The highest BCUT2D eigenvalue weighted by Gasteiger charge is 2.28. The third-order valence-corrected chi connectivity index (χ3v) is 2.00. The molecule has 0 aromatic rings. The van der Waals surface area contributed by atoms with Crippen molar-refractivity contribution in [3.8, 4) is 12.3 Å². The van der Waals surface area contributed by atoms with E-state index in [-0.39, 0.29) is 5.91 Å². The molecule has 0 spiro atoms. The smallest absolute Gasteiger partial charge is 0.223 e. The van der Waals surface area contributed by atoms with E-state index in [9.17, 15) is 4.79 Å². The Balaban J connectivity index is 1.88. The van der Waals surface area contributed by atoms with Crippen LogP contribution in [0.25, 0.3) is 0 Å². The van der Waals surface area contributed by atoms with Crippen molar-refractivity contribution >= 4 is 5.91 Å². The van der Waals surface area contributed by atoms with Gasteiger partial charge in [0.1, 0.15) is 0 Å². The Labute approximate surface area is 73.7 Å². The highest BCUT2D eigenvalue weighted by atomic mass is 16.2. The van der Waals surface area contributed by atoms with E-state index in [0.29, 0.717) is 5.92 Å². The monoisotopic (exact) mass is 165 g/mol. The van der Waals surface area contributed by atoms with Gasteiger partial charge in [0, 0.05) is 18.9 Å². The van der Waals surface area contributed by atoms with Crippen LogP contribution in [0.4, 0.5) is 0 Å². The zero-order chi connectivity index (χ0) is 8.81. The molecule has 0 heterocycles. The number of hydrogen-bond acceptors (Lipinski definition) is 1. The van der Waals surface area contributed by atoms with Gasteiger partial charge in [-0.2, -0.15) is 0 Å². The molecule has 1 aliphatic rings. The van der Waals surface area contributed by atoms with Crippen LogP contribution in [0, 0.1) is 18.3 Å². The van der Waals surface area contributed by atoms with E-state index in [4.69, 9.17) is 6.42 Å². The lowest BCUT2D eigenvalue weighted by atomic mass is 10.2. The third kappa shape index (κ3) is 3.43. The SMILES string of the molecule is C#CCCCCNC(=O)C1CC1. The first-order valence-electron chi connectivity index (χ1n) is 4.56. The number of amides is 1. The van der Waals surface area contributed by atoms with E-state index in [2.05, 4.69) is 11.2 Å². The molecule has 0 radical (unpaired) electrons. The van der Waals surface area contributed by atoms with Crippen molar-refractivity contribution in [1.29, 1.82) is 0 Å². The largest absolute Gasteiger partial charge is 0.356 e. The minimum atomic E-state index is 0.232. The molecule has 0 bridgehead atoms. The average Bonchev–Trinajstić information content (AvgIpc) is 2.86. The van der Waals surface area contributed by atoms with E-state index in [1.54, 1.807) is 0 Å². The van der Waals surface area contributed by atoms with Crippen LogP contribution in [0.5, 0.6) is 0 Å². The summed E-state index contributed by atoms with van der Waals surface area (Å²) in [6.45, 7) is 0.789. The number of terminal acetylenes is 1. The Morgan fingerprint density at radius 2 is 2.25 bits per heavy atom. The van der Waals surface area contributed by atoms with Gasteiger partial charge in [-0.15, -0.1) is 12.3 Å². The Hall–Kier alpha value is -0.970. The van der Waals surface area contributed by atoms with Crippen molar-refractivity contribution in [2.24, 2.45) is 5.92 Å². The van der Waals surface area contributed by atoms with Crippen molar-refractivity contribution < 1.29 is 4.79 Å². The van der Waals surface area contributed by atoms with Crippen LogP contribution in [0.2, 0.25) is 0 Å². The van der Waals surface area contributed by atoms with Gasteiger partial charge in [0.25, 0.3) is 0 Å². The van der Waals surface area contributed by atoms with Crippen LogP contribution in [0.1, 0.15) is 32.1 Å². The van der Waals surface area contributed by atoms with Crippen molar-refractivity contribution in [3.05, 3.63) is 0 Å². The van der Waals surface area contributed by atoms with Gasteiger partial charge in [0.05, 0.1) is 0 Å². The topological polar surface area (TPSA) is 29.1 Å². The molecule has 66 valence electrons. The van der Waals surface area contributed by atoms with Gasteiger partial charge in [0.15, 0.2) is 0 Å². The van der Waals surface area contributed by atoms with Crippen molar-refractivity contribution in [2.45, 2.75) is 32.1 Å². The maximum Gasteiger partial charge on any atom is 0.223 e. The summed E-state index contributed by atoms with van der Waals surface area (Å²) in [5, 5.41) is 2.90. The van der Waals surface area contributed by atoms with E-state index in [0.717, 1.165) is 38.6 Å². The Morgan fingerprint density at radius 1 is 1.50 bits per heavy atom. The van der Waals surface area contributed by atoms with E-state index in [1.165, 1.54) is 0 Å². The molecule has 0 aromatic carbocycles. The number of hydrogen-bond donors (Lipinski definition) is 1. The molecule has 12 heavy (non-hydrogen) atoms. The van der Waals surface area contributed by atoms with Gasteiger partial charge in [-0.3, -0.25) is 4.79 Å². The lowest BCUT2D eigenvalue weighted by molar-refractivity contribution is -0.122. The normalized spacial score (nSPS) is 15.2. The predicted octanol–water partition coefficient (Wildman–Crippen LogP) is 1.32. The van der Waals surface area contributed by atoms with Gasteiger partial charge >= 0.3 is 0 Å². The molecule has 2 nitrogen and oxygen atoms in total. The van der Waals surface area contributed by atoms with Crippen LogP contribution < -0.4 is 5.32 Å². The first-order chi connectivity index (χ1) is 5.84. The standard InChI is InChI=1S/C10H15NO/c1-2-3-4-5-8-11-10(12)9-6-7-9/h1,9H,3-8H2,(H,11,12). The Bertz CT molecular complexity index is 189. The minimum absolute atomic E-state index is 0.232. The molecule has 0 atom stereocenters. The lowest BCUT2D eigenvalue weighted by Crippen LogP contribution is -2.25. The molecule has 1 rings (SSSR count). The molecular formula is C10H15NO. The Kier molecular flexibility index (Phi) is 3.66. The van der Waals surface area contributed by atoms with Crippen LogP contribution in [-0.4, -0.2) is 12.5 Å². The zero-order valence-electron chi connectivity index (χ0n) is 7.31. The second kappa shape index (κ2) is 4.82. The summed E-state index contributed by atoms with van der Waals surface area (Å²) >= 11 is 0. The zero-order valence-corrected chi connectivity index (χ0v) is 7.31. The van der Waals surface area contributed by atoms with E-state index in [1.807, 2.05) is 0 Å². The van der Waals surface area contributed by atoms with Crippen molar-refractivity contribution in [2.75, 3.05) is 6.54 Å². The number of carbonyl (C=O) groups excluding carboxylic acids is 1. The summed E-state index contributed by atoms with van der Waals surface area (Å²) in [6, 6.07) is 0. The summed E-state index contributed by atoms with van der Waals surface area (Å²) < 4.78 is 0. The fourth-order valence-electron chi connectivity index (χ4n) is 1.05. The third-order valence-electron chi connectivity index (χ3n) is 2.00.